The Bertz CT molecular complexity index is 583. The van der Waals surface area contributed by atoms with Gasteiger partial charge in [0.05, 0.1) is 0 Å². The van der Waals surface area contributed by atoms with Crippen molar-refractivity contribution in [1.29, 1.82) is 0 Å². The Kier molecular flexibility index (Phi) is 7.52. The summed E-state index contributed by atoms with van der Waals surface area (Å²) >= 11 is 0. The molecule has 0 aliphatic heterocycles. The van der Waals surface area contributed by atoms with Gasteiger partial charge in [0.2, 0.25) is 0 Å². The van der Waals surface area contributed by atoms with E-state index >= 15 is 0 Å². The minimum atomic E-state index is 0.389. The van der Waals surface area contributed by atoms with Crippen LogP contribution in [0.5, 0.6) is 0 Å². The Morgan fingerprint density at radius 1 is 0.806 bits per heavy atom. The monoisotopic (exact) mass is 430 g/mol. The topological polar surface area (TPSA) is 20.2 Å². The molecule has 0 spiro atoms. The molecule has 0 unspecified atom stereocenters. The van der Waals surface area contributed by atoms with Crippen LogP contribution >= 0.6 is 0 Å². The van der Waals surface area contributed by atoms with Gasteiger partial charge >= 0.3 is 0 Å². The molecule has 1 N–H and O–H groups in total. The molecule has 0 bridgehead atoms. The molecule has 4 rings (SSSR count). The maximum absolute atomic E-state index is 9.28. The molecule has 0 saturated heterocycles. The van der Waals surface area contributed by atoms with Gasteiger partial charge in [0, 0.05) is 6.61 Å². The number of hydrogen-bond donors (Lipinski definition) is 1. The highest BCUT2D eigenvalue weighted by molar-refractivity contribution is 5.09. The summed E-state index contributed by atoms with van der Waals surface area (Å²) in [7, 11) is 0. The van der Waals surface area contributed by atoms with Crippen molar-refractivity contribution in [3.05, 3.63) is 0 Å². The Balaban J connectivity index is 1.41. The SMILES string of the molecule is CC(C)CCC[C@@H](C)[C@H]1CC[C@H]2[C@@H]3CC[C@H]4C[C@@H](CCCO)CC[C@]4(C)[C@H]3CC[C@]12C. The summed E-state index contributed by atoms with van der Waals surface area (Å²) in [4.78, 5) is 0. The molecule has 0 aromatic carbocycles. The van der Waals surface area contributed by atoms with E-state index < -0.39 is 0 Å². The molecule has 0 aromatic heterocycles. The second-order valence-corrected chi connectivity index (χ2v) is 13.7. The third-order valence-corrected chi connectivity index (χ3v) is 11.7. The highest BCUT2D eigenvalue weighted by Crippen LogP contribution is 2.68. The molecule has 0 heterocycles. The number of aliphatic hydroxyl groups is 1. The summed E-state index contributed by atoms with van der Waals surface area (Å²) < 4.78 is 0. The lowest BCUT2D eigenvalue weighted by atomic mass is 9.44. The van der Waals surface area contributed by atoms with E-state index in [4.69, 9.17) is 0 Å². The van der Waals surface area contributed by atoms with Gasteiger partial charge in [-0.2, -0.15) is 0 Å². The van der Waals surface area contributed by atoms with Gasteiger partial charge in [0.15, 0.2) is 0 Å². The number of hydrogen-bond acceptors (Lipinski definition) is 1. The first-order valence-corrected chi connectivity index (χ1v) is 14.4. The van der Waals surface area contributed by atoms with Crippen LogP contribution in [0.15, 0.2) is 0 Å². The molecule has 0 aromatic rings. The van der Waals surface area contributed by atoms with E-state index in [1.165, 1.54) is 83.5 Å². The predicted molar refractivity (Wildman–Crippen MR) is 133 cm³/mol. The van der Waals surface area contributed by atoms with E-state index in [0.29, 0.717) is 17.4 Å². The summed E-state index contributed by atoms with van der Waals surface area (Å²) in [5, 5.41) is 9.28. The highest BCUT2D eigenvalue weighted by Gasteiger charge is 2.60. The number of rotatable bonds is 8. The zero-order valence-electron chi connectivity index (χ0n) is 21.7. The van der Waals surface area contributed by atoms with Crippen molar-refractivity contribution in [2.24, 2.45) is 58.2 Å². The van der Waals surface area contributed by atoms with Crippen LogP contribution in [0.4, 0.5) is 0 Å². The summed E-state index contributed by atoms with van der Waals surface area (Å²) in [6.07, 6.45) is 20.2. The molecule has 4 fully saturated rings. The van der Waals surface area contributed by atoms with E-state index in [0.717, 1.165) is 53.8 Å². The maximum atomic E-state index is 9.28. The quantitative estimate of drug-likeness (QED) is 0.409. The van der Waals surface area contributed by atoms with E-state index in [-0.39, 0.29) is 0 Å². The van der Waals surface area contributed by atoms with Gasteiger partial charge in [-0.05, 0) is 129 Å². The normalized spacial score (nSPS) is 45.8. The smallest absolute Gasteiger partial charge is 0.0431 e. The zero-order chi connectivity index (χ0) is 22.2. The molecule has 4 aliphatic carbocycles. The van der Waals surface area contributed by atoms with Gasteiger partial charge in [0.25, 0.3) is 0 Å². The predicted octanol–water partition coefficient (Wildman–Crippen LogP) is 8.50. The lowest BCUT2D eigenvalue weighted by molar-refractivity contribution is -0.121. The van der Waals surface area contributed by atoms with Crippen LogP contribution < -0.4 is 0 Å². The summed E-state index contributed by atoms with van der Waals surface area (Å²) in [6.45, 7) is 13.2. The van der Waals surface area contributed by atoms with Crippen molar-refractivity contribution >= 4 is 0 Å². The van der Waals surface area contributed by atoms with Gasteiger partial charge in [0.1, 0.15) is 0 Å². The standard InChI is InChI=1S/C30H54O/c1-21(2)8-6-9-22(3)26-13-14-27-25-12-11-24-20-23(10-7-19-31)15-17-29(24,4)28(25)16-18-30(26,27)5/h21-28,31H,6-20H2,1-5H3/t22-,23+,24+,25+,26-,27+,28+,29+,30-/m1/s1. The molecule has 180 valence electrons. The maximum Gasteiger partial charge on any atom is 0.0431 e. The van der Waals surface area contributed by atoms with Gasteiger partial charge in [-0.15, -0.1) is 0 Å². The van der Waals surface area contributed by atoms with E-state index in [2.05, 4.69) is 34.6 Å². The molecule has 0 amide bonds. The fourth-order valence-corrected chi connectivity index (χ4v) is 10.0. The molecular formula is C30H54O. The van der Waals surface area contributed by atoms with Crippen molar-refractivity contribution in [2.45, 2.75) is 125 Å². The fourth-order valence-electron chi connectivity index (χ4n) is 10.0. The van der Waals surface area contributed by atoms with Crippen LogP contribution in [0.25, 0.3) is 0 Å². The average molecular weight is 431 g/mol. The molecule has 4 aliphatic rings. The summed E-state index contributed by atoms with van der Waals surface area (Å²) in [6, 6.07) is 0. The van der Waals surface area contributed by atoms with Crippen molar-refractivity contribution in [1.82, 2.24) is 0 Å². The number of fused-ring (bicyclic) bond motifs is 5. The lowest BCUT2D eigenvalue weighted by Gasteiger charge is -2.61. The highest BCUT2D eigenvalue weighted by atomic mass is 16.2. The van der Waals surface area contributed by atoms with E-state index in [9.17, 15) is 5.11 Å². The van der Waals surface area contributed by atoms with E-state index in [1.54, 1.807) is 0 Å². The third kappa shape index (κ3) is 4.52. The minimum absolute atomic E-state index is 0.389. The Morgan fingerprint density at radius 3 is 2.29 bits per heavy atom. The van der Waals surface area contributed by atoms with Crippen LogP contribution in [0, 0.1) is 58.2 Å². The van der Waals surface area contributed by atoms with Crippen LogP contribution in [0.1, 0.15) is 125 Å². The van der Waals surface area contributed by atoms with Crippen LogP contribution in [0.2, 0.25) is 0 Å². The molecule has 31 heavy (non-hydrogen) atoms. The van der Waals surface area contributed by atoms with Gasteiger partial charge in [-0.3, -0.25) is 0 Å². The van der Waals surface area contributed by atoms with Gasteiger partial charge in [-0.1, -0.05) is 53.9 Å². The molecule has 0 radical (unpaired) electrons. The molecule has 1 nitrogen and oxygen atoms in total. The molecular weight excluding hydrogens is 376 g/mol. The van der Waals surface area contributed by atoms with Crippen LogP contribution in [-0.2, 0) is 0 Å². The third-order valence-electron chi connectivity index (χ3n) is 11.7. The Hall–Kier alpha value is -0.0400. The first-order chi connectivity index (χ1) is 14.8. The average Bonchev–Trinajstić information content (AvgIpc) is 3.09. The fraction of sp³-hybridized carbons (Fsp3) is 1.00. The minimum Gasteiger partial charge on any atom is -0.396 e. The second-order valence-electron chi connectivity index (χ2n) is 13.7. The van der Waals surface area contributed by atoms with Crippen molar-refractivity contribution < 1.29 is 5.11 Å². The van der Waals surface area contributed by atoms with Crippen molar-refractivity contribution in [3.63, 3.8) is 0 Å². The van der Waals surface area contributed by atoms with Gasteiger partial charge < -0.3 is 5.11 Å². The number of aliphatic hydroxyl groups excluding tert-OH is 1. The molecule has 4 saturated carbocycles. The Morgan fingerprint density at radius 2 is 1.55 bits per heavy atom. The molecule has 9 atom stereocenters. The largest absolute Gasteiger partial charge is 0.396 e. The Labute approximate surface area is 194 Å². The summed E-state index contributed by atoms with van der Waals surface area (Å²) in [5.74, 6) is 7.73. The first kappa shape index (κ1) is 24.1. The first-order valence-electron chi connectivity index (χ1n) is 14.4. The molecule has 1 heteroatoms. The van der Waals surface area contributed by atoms with Crippen molar-refractivity contribution in [2.75, 3.05) is 6.61 Å². The summed E-state index contributed by atoms with van der Waals surface area (Å²) in [5.41, 5.74) is 1.26. The zero-order valence-corrected chi connectivity index (χ0v) is 21.7. The van der Waals surface area contributed by atoms with Gasteiger partial charge in [-0.25, -0.2) is 0 Å². The van der Waals surface area contributed by atoms with Crippen LogP contribution in [0.3, 0.4) is 0 Å². The van der Waals surface area contributed by atoms with Crippen molar-refractivity contribution in [3.8, 4) is 0 Å². The second kappa shape index (κ2) is 9.68. The van der Waals surface area contributed by atoms with Crippen LogP contribution in [-0.4, -0.2) is 11.7 Å². The van der Waals surface area contributed by atoms with E-state index in [1.807, 2.05) is 0 Å². The lowest BCUT2D eigenvalue weighted by Crippen LogP contribution is -2.53.